The molecule has 1 N–H and O–H groups in total. The van der Waals surface area contributed by atoms with Crippen molar-refractivity contribution in [1.82, 2.24) is 4.31 Å². The summed E-state index contributed by atoms with van der Waals surface area (Å²) in [5, 5.41) is 4.72. The van der Waals surface area contributed by atoms with Gasteiger partial charge in [-0.15, -0.1) is 6.58 Å². The number of hydrogen-bond acceptors (Lipinski definition) is 3. The number of anilines is 1. The maximum absolute atomic E-state index is 13.2. The van der Waals surface area contributed by atoms with E-state index in [1.807, 2.05) is 42.5 Å². The van der Waals surface area contributed by atoms with Crippen LogP contribution in [0.15, 0.2) is 84.3 Å². The molecule has 3 aromatic carbocycles. The van der Waals surface area contributed by atoms with Gasteiger partial charge in [-0.1, -0.05) is 48.5 Å². The Morgan fingerprint density at radius 3 is 2.39 bits per heavy atom. The predicted molar refractivity (Wildman–Crippen MR) is 112 cm³/mol. The molecule has 0 aliphatic heterocycles. The molecule has 144 valence electrons. The molecule has 5 nitrogen and oxygen atoms in total. The van der Waals surface area contributed by atoms with Crippen LogP contribution in [0.1, 0.15) is 12.5 Å². The van der Waals surface area contributed by atoms with Crippen LogP contribution in [-0.4, -0.2) is 25.2 Å². The number of carbonyl (C=O) groups is 1. The van der Waals surface area contributed by atoms with Crippen molar-refractivity contribution >= 4 is 32.4 Å². The van der Waals surface area contributed by atoms with Crippen LogP contribution in [-0.2, 0) is 21.4 Å². The topological polar surface area (TPSA) is 66.5 Å². The van der Waals surface area contributed by atoms with Gasteiger partial charge >= 0.3 is 0 Å². The Hall–Kier alpha value is -2.96. The van der Waals surface area contributed by atoms with Crippen LogP contribution in [0.25, 0.3) is 10.8 Å². The summed E-state index contributed by atoms with van der Waals surface area (Å²) in [4.78, 5) is 11.3. The van der Waals surface area contributed by atoms with E-state index in [4.69, 9.17) is 0 Å². The molecule has 0 spiro atoms. The highest BCUT2D eigenvalue weighted by molar-refractivity contribution is 7.89. The summed E-state index contributed by atoms with van der Waals surface area (Å²) in [7, 11) is -3.73. The first-order valence-electron chi connectivity index (χ1n) is 8.87. The van der Waals surface area contributed by atoms with Crippen LogP contribution in [0, 0.1) is 0 Å². The molecule has 0 bridgehead atoms. The SMILES string of the molecule is C=CCN(Cc1cccc2ccccc12)S(=O)(=O)c1ccc(NC(C)=O)cc1. The number of sulfonamides is 1. The van der Waals surface area contributed by atoms with Gasteiger partial charge in [-0.25, -0.2) is 8.42 Å². The first kappa shape index (κ1) is 19.8. The van der Waals surface area contributed by atoms with E-state index < -0.39 is 10.0 Å². The lowest BCUT2D eigenvalue weighted by molar-refractivity contribution is -0.114. The molecule has 0 atom stereocenters. The van der Waals surface area contributed by atoms with Gasteiger partial charge in [-0.2, -0.15) is 4.31 Å². The van der Waals surface area contributed by atoms with E-state index in [9.17, 15) is 13.2 Å². The summed E-state index contributed by atoms with van der Waals surface area (Å²) in [6.45, 7) is 5.54. The highest BCUT2D eigenvalue weighted by Gasteiger charge is 2.24. The van der Waals surface area contributed by atoms with Crippen molar-refractivity contribution in [2.75, 3.05) is 11.9 Å². The van der Waals surface area contributed by atoms with Gasteiger partial charge in [0.25, 0.3) is 0 Å². The molecule has 0 saturated heterocycles. The predicted octanol–water partition coefficient (Wildman–Crippen LogP) is 4.18. The fraction of sp³-hybridized carbons (Fsp3) is 0.136. The van der Waals surface area contributed by atoms with Crippen LogP contribution in [0.3, 0.4) is 0 Å². The van der Waals surface area contributed by atoms with E-state index in [2.05, 4.69) is 11.9 Å². The zero-order valence-corrected chi connectivity index (χ0v) is 16.4. The van der Waals surface area contributed by atoms with Gasteiger partial charge in [0.1, 0.15) is 0 Å². The number of nitrogens with zero attached hydrogens (tertiary/aromatic N) is 1. The van der Waals surface area contributed by atoms with Gasteiger partial charge < -0.3 is 5.32 Å². The molecule has 6 heteroatoms. The van der Waals surface area contributed by atoms with Crippen LogP contribution in [0.5, 0.6) is 0 Å². The molecule has 0 radical (unpaired) electrons. The molecule has 0 unspecified atom stereocenters. The summed E-state index contributed by atoms with van der Waals surface area (Å²) in [6, 6.07) is 19.9. The van der Waals surface area contributed by atoms with Gasteiger partial charge in [0.15, 0.2) is 0 Å². The van der Waals surface area contributed by atoms with E-state index >= 15 is 0 Å². The largest absolute Gasteiger partial charge is 0.326 e. The summed E-state index contributed by atoms with van der Waals surface area (Å²) in [5.74, 6) is -0.208. The smallest absolute Gasteiger partial charge is 0.243 e. The number of carbonyl (C=O) groups excluding carboxylic acids is 1. The van der Waals surface area contributed by atoms with Crippen molar-refractivity contribution in [1.29, 1.82) is 0 Å². The molecule has 0 aromatic heterocycles. The van der Waals surface area contributed by atoms with Crippen LogP contribution in [0.2, 0.25) is 0 Å². The third kappa shape index (κ3) is 4.30. The minimum Gasteiger partial charge on any atom is -0.326 e. The lowest BCUT2D eigenvalue weighted by Gasteiger charge is -2.22. The molecular weight excluding hydrogens is 372 g/mol. The Morgan fingerprint density at radius 2 is 1.71 bits per heavy atom. The number of rotatable bonds is 7. The molecule has 0 aliphatic rings. The van der Waals surface area contributed by atoms with E-state index in [-0.39, 0.29) is 23.9 Å². The van der Waals surface area contributed by atoms with Crippen LogP contribution in [0.4, 0.5) is 5.69 Å². The number of hydrogen-bond donors (Lipinski definition) is 1. The molecule has 0 fully saturated rings. The van der Waals surface area contributed by atoms with Gasteiger partial charge in [0.05, 0.1) is 4.90 Å². The van der Waals surface area contributed by atoms with Crippen molar-refractivity contribution in [2.45, 2.75) is 18.4 Å². The molecule has 3 aromatic rings. The normalized spacial score (nSPS) is 11.5. The Balaban J connectivity index is 1.94. The first-order chi connectivity index (χ1) is 13.4. The van der Waals surface area contributed by atoms with E-state index in [0.717, 1.165) is 16.3 Å². The zero-order chi connectivity index (χ0) is 20.1. The lowest BCUT2D eigenvalue weighted by atomic mass is 10.0. The summed E-state index contributed by atoms with van der Waals surface area (Å²) in [6.07, 6.45) is 1.58. The Morgan fingerprint density at radius 1 is 1.04 bits per heavy atom. The molecule has 1 amide bonds. The third-order valence-electron chi connectivity index (χ3n) is 4.37. The fourth-order valence-corrected chi connectivity index (χ4v) is 4.46. The zero-order valence-electron chi connectivity index (χ0n) is 15.6. The average Bonchev–Trinajstić information content (AvgIpc) is 2.68. The monoisotopic (exact) mass is 394 g/mol. The molecular formula is C22H22N2O3S. The number of nitrogens with one attached hydrogen (secondary N) is 1. The van der Waals surface area contributed by atoms with Crippen molar-refractivity contribution < 1.29 is 13.2 Å². The number of fused-ring (bicyclic) bond motifs is 1. The van der Waals surface area contributed by atoms with Gasteiger partial charge in [0, 0.05) is 25.7 Å². The highest BCUT2D eigenvalue weighted by Crippen LogP contribution is 2.24. The molecule has 0 heterocycles. The summed E-state index contributed by atoms with van der Waals surface area (Å²) < 4.78 is 27.8. The number of benzene rings is 3. The lowest BCUT2D eigenvalue weighted by Crippen LogP contribution is -2.31. The maximum Gasteiger partial charge on any atom is 0.243 e. The van der Waals surface area contributed by atoms with Gasteiger partial charge in [-0.05, 0) is 40.6 Å². The van der Waals surface area contributed by atoms with Gasteiger partial charge in [-0.3, -0.25) is 4.79 Å². The van der Waals surface area contributed by atoms with Crippen LogP contribution >= 0.6 is 0 Å². The minimum absolute atomic E-state index is 0.170. The van der Waals surface area contributed by atoms with E-state index in [1.54, 1.807) is 18.2 Å². The summed E-state index contributed by atoms with van der Waals surface area (Å²) >= 11 is 0. The van der Waals surface area contributed by atoms with Crippen molar-refractivity contribution in [3.05, 3.63) is 84.9 Å². The van der Waals surface area contributed by atoms with E-state index in [0.29, 0.717) is 5.69 Å². The van der Waals surface area contributed by atoms with E-state index in [1.165, 1.54) is 23.4 Å². The third-order valence-corrected chi connectivity index (χ3v) is 6.20. The number of amides is 1. The average molecular weight is 394 g/mol. The molecule has 0 saturated carbocycles. The first-order valence-corrected chi connectivity index (χ1v) is 10.3. The second-order valence-corrected chi connectivity index (χ2v) is 8.37. The van der Waals surface area contributed by atoms with Crippen molar-refractivity contribution in [3.8, 4) is 0 Å². The Kier molecular flexibility index (Phi) is 5.92. The quantitative estimate of drug-likeness (QED) is 0.612. The Bertz CT molecular complexity index is 1100. The van der Waals surface area contributed by atoms with Crippen molar-refractivity contribution in [2.24, 2.45) is 0 Å². The van der Waals surface area contributed by atoms with Crippen LogP contribution < -0.4 is 5.32 Å². The van der Waals surface area contributed by atoms with Crippen molar-refractivity contribution in [3.63, 3.8) is 0 Å². The molecule has 0 aliphatic carbocycles. The van der Waals surface area contributed by atoms with Gasteiger partial charge in [0.2, 0.25) is 15.9 Å². The Labute approximate surface area is 165 Å². The maximum atomic E-state index is 13.2. The molecule has 28 heavy (non-hydrogen) atoms. The second kappa shape index (κ2) is 8.37. The molecule has 3 rings (SSSR count). The minimum atomic E-state index is -3.73. The highest BCUT2D eigenvalue weighted by atomic mass is 32.2. The summed E-state index contributed by atoms with van der Waals surface area (Å²) in [5.41, 5.74) is 1.48. The fourth-order valence-electron chi connectivity index (χ4n) is 3.07. The standard InChI is InChI=1S/C22H22N2O3S/c1-3-15-24(16-19-9-6-8-18-7-4-5-10-22(18)19)28(26,27)21-13-11-20(12-14-21)23-17(2)25/h3-14H,1,15-16H2,2H3,(H,23,25). The second-order valence-electron chi connectivity index (χ2n) is 6.43.